The molecule has 1 heterocycles. The number of nitrogens with one attached hydrogen (secondary N) is 1. The van der Waals surface area contributed by atoms with Crippen molar-refractivity contribution in [3.63, 3.8) is 0 Å². The molecular weight excluding hydrogens is 306 g/mol. The molecule has 122 valence electrons. The lowest BCUT2D eigenvalue weighted by Gasteiger charge is -2.19. The fourth-order valence-corrected chi connectivity index (χ4v) is 3.84. The van der Waals surface area contributed by atoms with Gasteiger partial charge in [-0.15, -0.1) is 0 Å². The number of nitrogens with two attached hydrogens (primary N) is 1. The molecule has 1 aliphatic carbocycles. The summed E-state index contributed by atoms with van der Waals surface area (Å²) >= 11 is 0. The van der Waals surface area contributed by atoms with Crippen molar-refractivity contribution >= 4 is 33.6 Å². The highest BCUT2D eigenvalue weighted by Crippen LogP contribution is 2.37. The topological polar surface area (TPSA) is 54.7 Å². The Hall–Kier alpha value is -3.07. The van der Waals surface area contributed by atoms with E-state index in [1.54, 1.807) is 0 Å². The minimum absolute atomic E-state index is 0.563. The number of anilines is 1. The van der Waals surface area contributed by atoms with Crippen LogP contribution in [0.5, 0.6) is 0 Å². The first-order valence-electron chi connectivity index (χ1n) is 8.68. The van der Waals surface area contributed by atoms with Crippen LogP contribution in [0, 0.1) is 5.92 Å². The molecule has 0 radical (unpaired) electrons. The van der Waals surface area contributed by atoms with Crippen LogP contribution in [0.1, 0.15) is 18.1 Å². The Morgan fingerprint density at radius 1 is 1.04 bits per heavy atom. The highest BCUT2D eigenvalue weighted by atomic mass is 14.9. The number of nitrogens with zero attached hydrogens (tertiary/aromatic N) is 1. The third-order valence-electron chi connectivity index (χ3n) is 5.11. The lowest BCUT2D eigenvalue weighted by molar-refractivity contribution is 0.722. The molecule has 1 unspecified atom stereocenters. The van der Waals surface area contributed by atoms with Crippen LogP contribution in [0.4, 0.5) is 5.69 Å². The average molecular weight is 325 g/mol. The Bertz CT molecular complexity index is 1130. The summed E-state index contributed by atoms with van der Waals surface area (Å²) in [7, 11) is 0. The van der Waals surface area contributed by atoms with Gasteiger partial charge in [-0.25, -0.2) is 4.98 Å². The fraction of sp³-hybridized carbons (Fsp3) is 0.136. The van der Waals surface area contributed by atoms with Crippen LogP contribution < -0.4 is 5.73 Å². The second kappa shape index (κ2) is 5.21. The molecule has 0 saturated heterocycles. The first-order chi connectivity index (χ1) is 12.2. The van der Waals surface area contributed by atoms with Gasteiger partial charge in [-0.3, -0.25) is 0 Å². The average Bonchev–Trinajstić information content (AvgIpc) is 3.08. The van der Waals surface area contributed by atoms with Crippen LogP contribution in [0.25, 0.3) is 39.3 Å². The Kier molecular flexibility index (Phi) is 2.98. The van der Waals surface area contributed by atoms with E-state index >= 15 is 0 Å². The summed E-state index contributed by atoms with van der Waals surface area (Å²) < 4.78 is 0. The van der Waals surface area contributed by atoms with Gasteiger partial charge in [-0.2, -0.15) is 0 Å². The molecule has 0 aliphatic heterocycles. The van der Waals surface area contributed by atoms with Crippen molar-refractivity contribution in [1.29, 1.82) is 0 Å². The Morgan fingerprint density at radius 3 is 2.60 bits per heavy atom. The van der Waals surface area contributed by atoms with Crippen LogP contribution >= 0.6 is 0 Å². The number of nitrogen functional groups attached to an aromatic ring is 1. The van der Waals surface area contributed by atoms with Crippen molar-refractivity contribution < 1.29 is 0 Å². The summed E-state index contributed by atoms with van der Waals surface area (Å²) in [5, 5.41) is 2.54. The third kappa shape index (κ3) is 2.16. The van der Waals surface area contributed by atoms with Crippen LogP contribution in [0.15, 0.2) is 54.6 Å². The normalized spacial score (nSPS) is 16.4. The second-order valence-corrected chi connectivity index (χ2v) is 6.91. The molecule has 1 aliphatic rings. The largest absolute Gasteiger partial charge is 0.399 e. The van der Waals surface area contributed by atoms with Crippen molar-refractivity contribution in [2.45, 2.75) is 13.3 Å². The monoisotopic (exact) mass is 325 g/mol. The Labute approximate surface area is 146 Å². The molecule has 5 rings (SSSR count). The van der Waals surface area contributed by atoms with E-state index in [9.17, 15) is 0 Å². The number of aromatic amines is 1. The van der Waals surface area contributed by atoms with E-state index in [1.807, 2.05) is 24.3 Å². The molecular formula is C22H19N3. The van der Waals surface area contributed by atoms with Crippen LogP contribution in [-0.2, 0) is 6.42 Å². The molecule has 0 amide bonds. The lowest BCUT2D eigenvalue weighted by Crippen LogP contribution is -2.05. The van der Waals surface area contributed by atoms with E-state index in [-0.39, 0.29) is 0 Å². The number of aromatic nitrogens is 2. The quantitative estimate of drug-likeness (QED) is 0.474. The number of fused-ring (bicyclic) bond motifs is 6. The lowest BCUT2D eigenvalue weighted by atomic mass is 9.86. The summed E-state index contributed by atoms with van der Waals surface area (Å²) in [6.45, 7) is 2.27. The summed E-state index contributed by atoms with van der Waals surface area (Å²) in [5.74, 6) is 1.45. The number of hydrogen-bond acceptors (Lipinski definition) is 2. The van der Waals surface area contributed by atoms with Gasteiger partial charge < -0.3 is 10.7 Å². The first kappa shape index (κ1) is 14.3. The number of benzene rings is 3. The fourth-order valence-electron chi connectivity index (χ4n) is 3.84. The predicted octanol–water partition coefficient (Wildman–Crippen LogP) is 5.17. The van der Waals surface area contributed by atoms with Gasteiger partial charge >= 0.3 is 0 Å². The van der Waals surface area contributed by atoms with Gasteiger partial charge in [0.05, 0.1) is 11.0 Å². The molecule has 0 spiro atoms. The van der Waals surface area contributed by atoms with Gasteiger partial charge in [0.2, 0.25) is 0 Å². The van der Waals surface area contributed by atoms with Gasteiger partial charge in [0.15, 0.2) is 0 Å². The number of H-pyrrole nitrogens is 1. The first-order valence-corrected chi connectivity index (χ1v) is 8.68. The molecule has 0 saturated carbocycles. The van der Waals surface area contributed by atoms with Crippen molar-refractivity contribution in [2.75, 3.05) is 5.73 Å². The van der Waals surface area contributed by atoms with Crippen LogP contribution in [0.3, 0.4) is 0 Å². The molecule has 0 bridgehead atoms. The molecule has 25 heavy (non-hydrogen) atoms. The number of imidazole rings is 1. The van der Waals surface area contributed by atoms with E-state index in [4.69, 9.17) is 10.7 Å². The van der Waals surface area contributed by atoms with Crippen molar-refractivity contribution in [2.24, 2.45) is 5.92 Å². The molecule has 1 aromatic heterocycles. The van der Waals surface area contributed by atoms with Gasteiger partial charge in [-0.05, 0) is 47.6 Å². The molecule has 3 N–H and O–H groups in total. The third-order valence-corrected chi connectivity index (χ3v) is 5.11. The summed E-state index contributed by atoms with van der Waals surface area (Å²) in [6, 6.07) is 16.5. The molecule has 3 nitrogen and oxygen atoms in total. The summed E-state index contributed by atoms with van der Waals surface area (Å²) in [4.78, 5) is 8.50. The molecule has 3 heteroatoms. The second-order valence-electron chi connectivity index (χ2n) is 6.91. The van der Waals surface area contributed by atoms with Crippen LogP contribution in [0.2, 0.25) is 0 Å². The minimum atomic E-state index is 0.563. The number of rotatable bonds is 1. The molecule has 4 aromatic rings. The number of allylic oxidation sites excluding steroid dienone is 1. The maximum Gasteiger partial charge on any atom is 0.138 e. The zero-order chi connectivity index (χ0) is 17.0. The maximum atomic E-state index is 5.82. The summed E-state index contributed by atoms with van der Waals surface area (Å²) in [5.41, 5.74) is 12.5. The highest BCUT2D eigenvalue weighted by molar-refractivity contribution is 6.10. The molecule has 1 atom stereocenters. The standard InChI is InChI=1S/C22H19N3/c1-13-6-11-18-19(12-13)16-4-2-3-5-17(16)20-21(18)25-22(24-20)14-7-9-15(23)10-8-14/h2-11,13H,12,23H2,1H3,(H,24,25). The van der Waals surface area contributed by atoms with E-state index in [2.05, 4.69) is 48.3 Å². The van der Waals surface area contributed by atoms with E-state index in [0.717, 1.165) is 34.5 Å². The van der Waals surface area contributed by atoms with Crippen molar-refractivity contribution in [1.82, 2.24) is 9.97 Å². The Morgan fingerprint density at radius 2 is 1.80 bits per heavy atom. The number of hydrogen-bond donors (Lipinski definition) is 2. The van der Waals surface area contributed by atoms with Gasteiger partial charge in [-0.1, -0.05) is 43.3 Å². The zero-order valence-electron chi connectivity index (χ0n) is 14.1. The highest BCUT2D eigenvalue weighted by Gasteiger charge is 2.20. The Balaban J connectivity index is 1.86. The zero-order valence-corrected chi connectivity index (χ0v) is 14.1. The van der Waals surface area contributed by atoms with E-state index in [1.165, 1.54) is 21.9 Å². The van der Waals surface area contributed by atoms with Gasteiger partial charge in [0, 0.05) is 22.2 Å². The van der Waals surface area contributed by atoms with Gasteiger partial charge in [0.25, 0.3) is 0 Å². The predicted molar refractivity (Wildman–Crippen MR) is 105 cm³/mol. The van der Waals surface area contributed by atoms with Gasteiger partial charge in [0.1, 0.15) is 5.82 Å². The minimum Gasteiger partial charge on any atom is -0.399 e. The summed E-state index contributed by atoms with van der Waals surface area (Å²) in [6.07, 6.45) is 5.61. The van der Waals surface area contributed by atoms with Crippen molar-refractivity contribution in [3.05, 3.63) is 65.7 Å². The van der Waals surface area contributed by atoms with E-state index < -0.39 is 0 Å². The molecule has 0 fully saturated rings. The maximum absolute atomic E-state index is 5.82. The smallest absolute Gasteiger partial charge is 0.138 e. The molecule has 3 aromatic carbocycles. The van der Waals surface area contributed by atoms with E-state index in [0.29, 0.717) is 5.92 Å². The van der Waals surface area contributed by atoms with Crippen LogP contribution in [-0.4, -0.2) is 9.97 Å². The SMILES string of the molecule is CC1C=Cc2c(c3ccccc3c3nc(-c4ccc(N)cc4)[nH]c23)C1. The van der Waals surface area contributed by atoms with Crippen molar-refractivity contribution in [3.8, 4) is 11.4 Å².